The van der Waals surface area contributed by atoms with Crippen LogP contribution in [0, 0.1) is 0 Å². The summed E-state index contributed by atoms with van der Waals surface area (Å²) in [5.41, 5.74) is 7.09. The number of ether oxygens (including phenoxy) is 4. The maximum Gasteiger partial charge on any atom is 0.305 e. The normalized spacial score (nSPS) is 10.6. The Morgan fingerprint density at radius 1 is 0.511 bits per heavy atom. The molecule has 0 fully saturated rings. The molecule has 0 bridgehead atoms. The minimum Gasteiger partial charge on any atom is -0.492 e. The number of esters is 2. The summed E-state index contributed by atoms with van der Waals surface area (Å²) >= 11 is 0. The van der Waals surface area contributed by atoms with E-state index in [9.17, 15) is 19.2 Å². The van der Waals surface area contributed by atoms with Crippen LogP contribution in [-0.4, -0.2) is 51.9 Å². The second-order valence-corrected chi connectivity index (χ2v) is 11.1. The molecule has 4 aromatic rings. The van der Waals surface area contributed by atoms with Gasteiger partial charge in [-0.1, -0.05) is 60.7 Å². The average molecular weight is 637 g/mol. The molecular formula is C39H40O8. The quantitative estimate of drug-likeness (QED) is 0.0919. The van der Waals surface area contributed by atoms with E-state index in [-0.39, 0.29) is 11.9 Å². The molecule has 0 N–H and O–H groups in total. The van der Waals surface area contributed by atoms with Gasteiger partial charge in [0, 0.05) is 25.7 Å². The summed E-state index contributed by atoms with van der Waals surface area (Å²) in [6, 6.07) is 27.1. The third kappa shape index (κ3) is 11.0. The Kier molecular flexibility index (Phi) is 13.3. The molecule has 0 saturated heterocycles. The summed E-state index contributed by atoms with van der Waals surface area (Å²) in [4.78, 5) is 46.4. The van der Waals surface area contributed by atoms with Gasteiger partial charge in [-0.05, 0) is 76.9 Å². The summed E-state index contributed by atoms with van der Waals surface area (Å²) in [5.74, 6) is 0.586. The topological polar surface area (TPSA) is 105 Å². The zero-order chi connectivity index (χ0) is 33.4. The second kappa shape index (κ2) is 18.0. The number of methoxy groups -OCH3 is 2. The van der Waals surface area contributed by atoms with Crippen molar-refractivity contribution < 1.29 is 38.1 Å². The number of rotatable bonds is 18. The van der Waals surface area contributed by atoms with Crippen molar-refractivity contribution in [2.24, 2.45) is 0 Å². The van der Waals surface area contributed by atoms with Crippen molar-refractivity contribution >= 4 is 24.5 Å². The highest BCUT2D eigenvalue weighted by atomic mass is 16.5. The van der Waals surface area contributed by atoms with Gasteiger partial charge in [0.1, 0.15) is 11.5 Å². The van der Waals surface area contributed by atoms with Crippen molar-refractivity contribution in [1.82, 2.24) is 0 Å². The van der Waals surface area contributed by atoms with E-state index in [2.05, 4.69) is 0 Å². The molecule has 8 heteroatoms. The van der Waals surface area contributed by atoms with Crippen LogP contribution in [0.5, 0.6) is 11.5 Å². The predicted octanol–water partition coefficient (Wildman–Crippen LogP) is 6.36. The minimum atomic E-state index is -0.227. The molecule has 0 radical (unpaired) electrons. The molecule has 0 aromatic heterocycles. The first-order valence-electron chi connectivity index (χ1n) is 15.6. The van der Waals surface area contributed by atoms with Gasteiger partial charge in [-0.15, -0.1) is 0 Å². The SMILES string of the molecule is COC(=O)CCc1ccc(CCOc2ccc(Cc3ccc(OCCc4ccc(CCC(=O)OC)cc4)c(C=O)c3)cc2C=O)cc1. The minimum absolute atomic E-state index is 0.227. The van der Waals surface area contributed by atoms with E-state index in [1.165, 1.54) is 14.2 Å². The first kappa shape index (κ1) is 34.6. The summed E-state index contributed by atoms with van der Waals surface area (Å²) in [6.07, 6.45) is 5.42. The third-order valence-electron chi connectivity index (χ3n) is 7.84. The summed E-state index contributed by atoms with van der Waals surface area (Å²) in [5, 5.41) is 0. The van der Waals surface area contributed by atoms with E-state index in [1.54, 1.807) is 12.1 Å². The zero-order valence-electron chi connectivity index (χ0n) is 26.9. The number of hydrogen-bond donors (Lipinski definition) is 0. The van der Waals surface area contributed by atoms with Gasteiger partial charge in [0.2, 0.25) is 0 Å². The van der Waals surface area contributed by atoms with Gasteiger partial charge >= 0.3 is 11.9 Å². The predicted molar refractivity (Wildman–Crippen MR) is 178 cm³/mol. The van der Waals surface area contributed by atoms with Crippen molar-refractivity contribution in [3.05, 3.63) is 129 Å². The maximum atomic E-state index is 11.9. The van der Waals surface area contributed by atoms with Crippen LogP contribution in [0.3, 0.4) is 0 Å². The number of aryl methyl sites for hydroxylation is 2. The van der Waals surface area contributed by atoms with Crippen molar-refractivity contribution in [1.29, 1.82) is 0 Å². The molecule has 0 amide bonds. The molecule has 0 heterocycles. The molecule has 4 rings (SSSR count). The fraction of sp³-hybridized carbons (Fsp3) is 0.282. The van der Waals surface area contributed by atoms with Crippen molar-refractivity contribution in [3.8, 4) is 11.5 Å². The molecule has 0 aliphatic carbocycles. The number of aldehydes is 2. The highest BCUT2D eigenvalue weighted by Crippen LogP contribution is 2.24. The van der Waals surface area contributed by atoms with Crippen LogP contribution >= 0.6 is 0 Å². The van der Waals surface area contributed by atoms with E-state index in [0.29, 0.717) is 80.8 Å². The van der Waals surface area contributed by atoms with Crippen LogP contribution in [0.15, 0.2) is 84.9 Å². The first-order chi connectivity index (χ1) is 22.9. The van der Waals surface area contributed by atoms with Gasteiger partial charge in [-0.3, -0.25) is 19.2 Å². The van der Waals surface area contributed by atoms with Gasteiger partial charge in [0.25, 0.3) is 0 Å². The van der Waals surface area contributed by atoms with Crippen LogP contribution in [-0.2, 0) is 51.2 Å². The van der Waals surface area contributed by atoms with Crippen LogP contribution in [0.4, 0.5) is 0 Å². The van der Waals surface area contributed by atoms with Crippen LogP contribution in [0.1, 0.15) is 66.9 Å². The summed E-state index contributed by atoms with van der Waals surface area (Å²) in [6.45, 7) is 0.822. The van der Waals surface area contributed by atoms with E-state index in [4.69, 9.17) is 18.9 Å². The van der Waals surface area contributed by atoms with Crippen LogP contribution in [0.2, 0.25) is 0 Å². The second-order valence-electron chi connectivity index (χ2n) is 11.1. The average Bonchev–Trinajstić information content (AvgIpc) is 3.11. The molecule has 8 nitrogen and oxygen atoms in total. The van der Waals surface area contributed by atoms with E-state index in [0.717, 1.165) is 46.0 Å². The molecule has 244 valence electrons. The third-order valence-corrected chi connectivity index (χ3v) is 7.84. The monoisotopic (exact) mass is 636 g/mol. The Hall–Kier alpha value is -5.24. The lowest BCUT2D eigenvalue weighted by atomic mass is 10.0. The van der Waals surface area contributed by atoms with Crippen molar-refractivity contribution in [2.45, 2.75) is 44.9 Å². The van der Waals surface area contributed by atoms with Gasteiger partial charge in [-0.2, -0.15) is 0 Å². The summed E-state index contributed by atoms with van der Waals surface area (Å²) < 4.78 is 21.3. The molecule has 47 heavy (non-hydrogen) atoms. The van der Waals surface area contributed by atoms with Gasteiger partial charge in [0.05, 0.1) is 38.6 Å². The first-order valence-corrected chi connectivity index (χ1v) is 15.6. The molecule has 0 saturated carbocycles. The lowest BCUT2D eigenvalue weighted by Crippen LogP contribution is -2.05. The number of carbonyl (C=O) groups is 4. The van der Waals surface area contributed by atoms with Crippen molar-refractivity contribution in [3.63, 3.8) is 0 Å². The van der Waals surface area contributed by atoms with Gasteiger partial charge < -0.3 is 18.9 Å². The van der Waals surface area contributed by atoms with Crippen molar-refractivity contribution in [2.75, 3.05) is 27.4 Å². The molecule has 0 atom stereocenters. The highest BCUT2D eigenvalue weighted by Gasteiger charge is 2.10. The number of benzene rings is 4. The zero-order valence-corrected chi connectivity index (χ0v) is 26.9. The fourth-order valence-electron chi connectivity index (χ4n) is 5.10. The molecule has 0 aliphatic heterocycles. The Morgan fingerprint density at radius 3 is 1.19 bits per heavy atom. The van der Waals surface area contributed by atoms with Gasteiger partial charge in [0.15, 0.2) is 12.6 Å². The van der Waals surface area contributed by atoms with E-state index < -0.39 is 0 Å². The molecule has 0 aliphatic rings. The molecule has 0 unspecified atom stereocenters. The smallest absolute Gasteiger partial charge is 0.305 e. The Labute approximate surface area is 275 Å². The maximum absolute atomic E-state index is 11.9. The van der Waals surface area contributed by atoms with Crippen LogP contribution in [0.25, 0.3) is 0 Å². The summed E-state index contributed by atoms with van der Waals surface area (Å²) in [7, 11) is 2.77. The number of hydrogen-bond acceptors (Lipinski definition) is 8. The fourth-order valence-corrected chi connectivity index (χ4v) is 5.10. The molecule has 0 spiro atoms. The van der Waals surface area contributed by atoms with Crippen LogP contribution < -0.4 is 9.47 Å². The lowest BCUT2D eigenvalue weighted by Gasteiger charge is -2.12. The molecule has 4 aromatic carbocycles. The largest absolute Gasteiger partial charge is 0.492 e. The van der Waals surface area contributed by atoms with Gasteiger partial charge in [-0.25, -0.2) is 0 Å². The Morgan fingerprint density at radius 2 is 0.851 bits per heavy atom. The highest BCUT2D eigenvalue weighted by molar-refractivity contribution is 5.80. The van der Waals surface area contributed by atoms with E-state index >= 15 is 0 Å². The standard InChI is InChI=1S/C39H40O8/c1-44-38(42)17-13-28-3-7-30(8-4-28)19-21-46-36-15-11-32(24-34(36)26-40)23-33-12-16-37(35(25-33)27-41)47-22-20-31-9-5-29(6-10-31)14-18-39(43)45-2/h3-12,15-16,24-27H,13-14,17-23H2,1-2H3. The Bertz CT molecular complexity index is 1520. The van der Waals surface area contributed by atoms with E-state index in [1.807, 2.05) is 72.8 Å². The number of carbonyl (C=O) groups excluding carboxylic acids is 4. The Balaban J connectivity index is 1.26. The lowest BCUT2D eigenvalue weighted by molar-refractivity contribution is -0.141. The molecular weight excluding hydrogens is 596 g/mol.